The maximum atomic E-state index is 13.0. The summed E-state index contributed by atoms with van der Waals surface area (Å²) in [6.45, 7) is 5.63. The third-order valence-electron chi connectivity index (χ3n) is 5.18. The van der Waals surface area contributed by atoms with Crippen LogP contribution in [0.15, 0.2) is 30.5 Å². The molecule has 1 unspecified atom stereocenters. The van der Waals surface area contributed by atoms with E-state index in [9.17, 15) is 18.0 Å². The maximum absolute atomic E-state index is 13.0. The summed E-state index contributed by atoms with van der Waals surface area (Å²) in [6.07, 6.45) is -0.960. The summed E-state index contributed by atoms with van der Waals surface area (Å²) in [4.78, 5) is 14.5. The van der Waals surface area contributed by atoms with E-state index in [4.69, 9.17) is 0 Å². The lowest BCUT2D eigenvalue weighted by Crippen LogP contribution is -2.34. The zero-order valence-corrected chi connectivity index (χ0v) is 15.9. The average Bonchev–Trinajstić information content (AvgIpc) is 3.19. The predicted molar refractivity (Wildman–Crippen MR) is 97.7 cm³/mol. The molecule has 1 aromatic carbocycles. The van der Waals surface area contributed by atoms with E-state index in [1.165, 1.54) is 11.0 Å². The van der Waals surface area contributed by atoms with Crippen LogP contribution in [0, 0.1) is 0 Å². The minimum atomic E-state index is -4.42. The van der Waals surface area contributed by atoms with Gasteiger partial charge in [-0.05, 0) is 57.5 Å². The zero-order valence-electron chi connectivity index (χ0n) is 15.9. The van der Waals surface area contributed by atoms with Gasteiger partial charge in [-0.25, -0.2) is 4.68 Å². The average molecular weight is 395 g/mol. The van der Waals surface area contributed by atoms with Crippen LogP contribution in [0.2, 0.25) is 0 Å². The molecule has 152 valence electrons. The topological polar surface area (TPSA) is 63.1 Å². The van der Waals surface area contributed by atoms with Crippen LogP contribution in [0.25, 0.3) is 0 Å². The summed E-state index contributed by atoms with van der Waals surface area (Å²) >= 11 is 0. The number of benzene rings is 1. The normalized spacial score (nSPS) is 16.8. The molecule has 28 heavy (non-hydrogen) atoms. The van der Waals surface area contributed by atoms with Crippen molar-refractivity contribution < 1.29 is 18.0 Å². The summed E-state index contributed by atoms with van der Waals surface area (Å²) in [5.74, 6) is -0.340. The van der Waals surface area contributed by atoms with Crippen LogP contribution < -0.4 is 5.32 Å². The first kappa shape index (κ1) is 20.3. The first-order valence-corrected chi connectivity index (χ1v) is 9.42. The van der Waals surface area contributed by atoms with Crippen molar-refractivity contribution in [1.29, 1.82) is 0 Å². The molecule has 3 rings (SSSR count). The summed E-state index contributed by atoms with van der Waals surface area (Å²) in [6, 6.07) is 4.75. The Kier molecular flexibility index (Phi) is 6.02. The van der Waals surface area contributed by atoms with E-state index in [-0.39, 0.29) is 17.6 Å². The van der Waals surface area contributed by atoms with Crippen LogP contribution in [0.5, 0.6) is 0 Å². The van der Waals surface area contributed by atoms with Crippen LogP contribution in [-0.4, -0.2) is 45.4 Å². The number of hydrogen-bond acceptors (Lipinski definition) is 4. The molecule has 1 N–H and O–H groups in total. The van der Waals surface area contributed by atoms with Crippen molar-refractivity contribution >= 4 is 5.91 Å². The number of nitrogens with one attached hydrogen (secondary N) is 1. The third kappa shape index (κ3) is 4.35. The van der Waals surface area contributed by atoms with Crippen molar-refractivity contribution in [1.82, 2.24) is 25.2 Å². The van der Waals surface area contributed by atoms with Gasteiger partial charge in [-0.15, -0.1) is 5.10 Å². The minimum absolute atomic E-state index is 0.200. The second-order valence-corrected chi connectivity index (χ2v) is 6.96. The lowest BCUT2D eigenvalue weighted by Gasteiger charge is -2.28. The Morgan fingerprint density at radius 1 is 1.36 bits per heavy atom. The van der Waals surface area contributed by atoms with E-state index in [0.29, 0.717) is 12.1 Å². The number of piperidine rings is 1. The minimum Gasteiger partial charge on any atom is -0.331 e. The van der Waals surface area contributed by atoms with Gasteiger partial charge in [0, 0.05) is 6.54 Å². The van der Waals surface area contributed by atoms with E-state index in [0.717, 1.165) is 38.1 Å². The van der Waals surface area contributed by atoms with Gasteiger partial charge in [0.1, 0.15) is 0 Å². The maximum Gasteiger partial charge on any atom is 0.416 e. The molecule has 0 spiro atoms. The molecule has 0 bridgehead atoms. The van der Waals surface area contributed by atoms with Crippen molar-refractivity contribution in [3.63, 3.8) is 0 Å². The second-order valence-electron chi connectivity index (χ2n) is 6.96. The number of alkyl halides is 3. The molecule has 0 saturated carbocycles. The molecule has 2 aromatic rings. The molecule has 2 heterocycles. The summed E-state index contributed by atoms with van der Waals surface area (Å²) in [7, 11) is 0. The summed E-state index contributed by atoms with van der Waals surface area (Å²) in [5, 5.41) is 11.4. The highest BCUT2D eigenvalue weighted by Gasteiger charge is 2.32. The summed E-state index contributed by atoms with van der Waals surface area (Å²) < 4.78 is 40.8. The van der Waals surface area contributed by atoms with Gasteiger partial charge in [-0.2, -0.15) is 13.2 Å². The Morgan fingerprint density at radius 2 is 2.07 bits per heavy atom. The molecule has 1 aliphatic heterocycles. The SMILES string of the molecule is CCN(C(=O)c1cn(C2CCNCC2)nn1)C(C)c1cccc(C(F)(F)F)c1. The molecule has 1 saturated heterocycles. The number of rotatable bonds is 5. The Bertz CT molecular complexity index is 814. The molecule has 1 aromatic heterocycles. The van der Waals surface area contributed by atoms with Crippen LogP contribution in [-0.2, 0) is 6.18 Å². The fourth-order valence-electron chi connectivity index (χ4n) is 3.52. The van der Waals surface area contributed by atoms with Gasteiger partial charge in [-0.1, -0.05) is 17.3 Å². The molecule has 1 fully saturated rings. The van der Waals surface area contributed by atoms with Gasteiger partial charge in [0.05, 0.1) is 23.8 Å². The fraction of sp³-hybridized carbons (Fsp3) is 0.526. The predicted octanol–water partition coefficient (Wildman–Crippen LogP) is 3.44. The van der Waals surface area contributed by atoms with Crippen molar-refractivity contribution in [3.8, 4) is 0 Å². The Labute approximate surface area is 161 Å². The van der Waals surface area contributed by atoms with Gasteiger partial charge in [0.15, 0.2) is 5.69 Å². The molecule has 6 nitrogen and oxygen atoms in total. The molecular formula is C19H24F3N5O. The van der Waals surface area contributed by atoms with Crippen molar-refractivity contribution in [2.24, 2.45) is 0 Å². The molecule has 0 radical (unpaired) electrons. The van der Waals surface area contributed by atoms with E-state index < -0.39 is 17.8 Å². The second kappa shape index (κ2) is 8.30. The quantitative estimate of drug-likeness (QED) is 0.842. The highest BCUT2D eigenvalue weighted by Crippen LogP contribution is 2.32. The largest absolute Gasteiger partial charge is 0.416 e. The number of amides is 1. The smallest absolute Gasteiger partial charge is 0.331 e. The molecule has 0 aliphatic carbocycles. The van der Waals surface area contributed by atoms with Crippen LogP contribution in [0.4, 0.5) is 13.2 Å². The molecule has 1 aliphatic rings. The summed E-state index contributed by atoms with van der Waals surface area (Å²) in [5.41, 5.74) is -0.0906. The third-order valence-corrected chi connectivity index (χ3v) is 5.18. The van der Waals surface area contributed by atoms with Crippen LogP contribution >= 0.6 is 0 Å². The van der Waals surface area contributed by atoms with Gasteiger partial charge in [0.25, 0.3) is 5.91 Å². The molecule has 1 atom stereocenters. The number of aromatic nitrogens is 3. The first-order valence-electron chi connectivity index (χ1n) is 9.42. The standard InChI is InChI=1S/C19H24F3N5O/c1-3-26(13(2)14-5-4-6-15(11-14)19(20,21)22)18(28)17-12-27(25-24-17)16-7-9-23-10-8-16/h4-6,11-13,16,23H,3,7-10H2,1-2H3. The van der Waals surface area contributed by atoms with Gasteiger partial charge in [0.2, 0.25) is 0 Å². The van der Waals surface area contributed by atoms with Crippen molar-refractivity contribution in [2.45, 2.75) is 44.9 Å². The monoisotopic (exact) mass is 395 g/mol. The van der Waals surface area contributed by atoms with Gasteiger partial charge < -0.3 is 10.2 Å². The molecule has 9 heteroatoms. The molecular weight excluding hydrogens is 371 g/mol. The Balaban J connectivity index is 1.79. The lowest BCUT2D eigenvalue weighted by molar-refractivity contribution is -0.137. The fourth-order valence-corrected chi connectivity index (χ4v) is 3.52. The lowest BCUT2D eigenvalue weighted by atomic mass is 10.0. The number of carbonyl (C=O) groups excluding carboxylic acids is 1. The van der Waals surface area contributed by atoms with Crippen LogP contribution in [0.1, 0.15) is 60.4 Å². The Hall–Kier alpha value is -2.42. The van der Waals surface area contributed by atoms with E-state index in [1.807, 2.05) is 0 Å². The number of hydrogen-bond donors (Lipinski definition) is 1. The van der Waals surface area contributed by atoms with Crippen LogP contribution in [0.3, 0.4) is 0 Å². The van der Waals surface area contributed by atoms with E-state index >= 15 is 0 Å². The van der Waals surface area contributed by atoms with Crippen molar-refractivity contribution in [2.75, 3.05) is 19.6 Å². The van der Waals surface area contributed by atoms with Crippen molar-refractivity contribution in [3.05, 3.63) is 47.3 Å². The van der Waals surface area contributed by atoms with Gasteiger partial charge in [-0.3, -0.25) is 4.79 Å². The molecule has 1 amide bonds. The number of halogens is 3. The number of carbonyl (C=O) groups is 1. The highest BCUT2D eigenvalue weighted by atomic mass is 19.4. The highest BCUT2D eigenvalue weighted by molar-refractivity contribution is 5.92. The zero-order chi connectivity index (χ0) is 20.3. The Morgan fingerprint density at radius 3 is 2.71 bits per heavy atom. The van der Waals surface area contributed by atoms with E-state index in [1.54, 1.807) is 30.8 Å². The van der Waals surface area contributed by atoms with E-state index in [2.05, 4.69) is 15.6 Å². The van der Waals surface area contributed by atoms with Gasteiger partial charge >= 0.3 is 6.18 Å². The first-order chi connectivity index (χ1) is 13.3. The number of nitrogens with zero attached hydrogens (tertiary/aromatic N) is 4.